The van der Waals surface area contributed by atoms with E-state index in [4.69, 9.17) is 4.74 Å². The minimum Gasteiger partial charge on any atom is -0.494 e. The number of ether oxygens (including phenoxy) is 1. The molecule has 0 atom stereocenters. The van der Waals surface area contributed by atoms with Crippen LogP contribution in [0.5, 0.6) is 5.75 Å². The summed E-state index contributed by atoms with van der Waals surface area (Å²) in [5.41, 5.74) is 5.01. The molecule has 0 bridgehead atoms. The first-order chi connectivity index (χ1) is 10.2. The van der Waals surface area contributed by atoms with E-state index in [2.05, 4.69) is 29.4 Å². The Morgan fingerprint density at radius 1 is 1.38 bits per heavy atom. The molecule has 2 rings (SSSR count). The summed E-state index contributed by atoms with van der Waals surface area (Å²) in [6.45, 7) is 6.96. The molecule has 5 heteroatoms. The Hall–Kier alpha value is -1.88. The molecule has 1 aromatic carbocycles. The molecule has 0 fully saturated rings. The van der Waals surface area contributed by atoms with E-state index in [9.17, 15) is 0 Å². The second kappa shape index (κ2) is 7.78. The number of aryl methyl sites for hydroxylation is 2. The molecule has 0 aliphatic heterocycles. The Kier molecular flexibility index (Phi) is 5.75. The van der Waals surface area contributed by atoms with Gasteiger partial charge >= 0.3 is 0 Å². The molecule has 1 aromatic heterocycles. The molecule has 0 radical (unpaired) electrons. The first kappa shape index (κ1) is 15.5. The first-order valence-electron chi connectivity index (χ1n) is 7.15. The number of anilines is 1. The van der Waals surface area contributed by atoms with Gasteiger partial charge in [0.2, 0.25) is 5.13 Å². The Labute approximate surface area is 129 Å². The molecule has 1 heterocycles. The molecule has 0 saturated heterocycles. The number of hydrazone groups is 1. The maximum absolute atomic E-state index is 5.68. The van der Waals surface area contributed by atoms with Gasteiger partial charge in [-0.25, -0.2) is 4.98 Å². The number of benzene rings is 1. The number of hydrogen-bond acceptors (Lipinski definition) is 5. The largest absolute Gasteiger partial charge is 0.494 e. The second-order valence-electron chi connectivity index (χ2n) is 4.81. The van der Waals surface area contributed by atoms with Gasteiger partial charge in [-0.3, -0.25) is 5.43 Å². The molecule has 21 heavy (non-hydrogen) atoms. The molecule has 112 valence electrons. The van der Waals surface area contributed by atoms with Gasteiger partial charge in [0.15, 0.2) is 0 Å². The van der Waals surface area contributed by atoms with Gasteiger partial charge in [0.25, 0.3) is 0 Å². The van der Waals surface area contributed by atoms with Gasteiger partial charge in [0, 0.05) is 4.88 Å². The second-order valence-corrected chi connectivity index (χ2v) is 6.01. The Morgan fingerprint density at radius 3 is 2.95 bits per heavy atom. The minimum absolute atomic E-state index is 0.757. The first-order valence-corrected chi connectivity index (χ1v) is 7.96. The average Bonchev–Trinajstić information content (AvgIpc) is 2.78. The zero-order valence-corrected chi connectivity index (χ0v) is 13.5. The molecule has 0 saturated carbocycles. The fourth-order valence-corrected chi connectivity index (χ4v) is 2.47. The third kappa shape index (κ3) is 4.86. The van der Waals surface area contributed by atoms with Crippen LogP contribution in [0.1, 0.15) is 35.9 Å². The predicted octanol–water partition coefficient (Wildman–Crippen LogP) is 4.38. The molecular formula is C16H21N3OS. The number of aromatic nitrogens is 1. The van der Waals surface area contributed by atoms with Crippen molar-refractivity contribution in [1.82, 2.24) is 4.98 Å². The third-order valence-electron chi connectivity index (χ3n) is 3.03. The quantitative estimate of drug-likeness (QED) is 0.469. The number of nitrogens with one attached hydrogen (secondary N) is 1. The van der Waals surface area contributed by atoms with Gasteiger partial charge in [-0.05, 0) is 38.0 Å². The number of nitrogens with zero attached hydrogens (tertiary/aromatic N) is 2. The highest BCUT2D eigenvalue weighted by Crippen LogP contribution is 2.21. The molecule has 0 amide bonds. The third-order valence-corrected chi connectivity index (χ3v) is 4.00. The smallest absolute Gasteiger partial charge is 0.203 e. The fraction of sp³-hybridized carbons (Fsp3) is 0.375. The van der Waals surface area contributed by atoms with Gasteiger partial charge in [-0.1, -0.05) is 25.5 Å². The lowest BCUT2D eigenvalue weighted by Crippen LogP contribution is -1.97. The Bertz CT molecular complexity index is 588. The van der Waals surface area contributed by atoms with E-state index >= 15 is 0 Å². The van der Waals surface area contributed by atoms with Crippen LogP contribution >= 0.6 is 11.3 Å². The van der Waals surface area contributed by atoms with Crippen molar-refractivity contribution >= 4 is 22.7 Å². The lowest BCUT2D eigenvalue weighted by molar-refractivity contribution is 0.309. The normalized spacial score (nSPS) is 11.0. The summed E-state index contributed by atoms with van der Waals surface area (Å²) in [4.78, 5) is 5.59. The standard InChI is InChI=1S/C16H21N3OS/c1-4-5-9-20-15-8-6-7-14(10-15)11-17-19-16-18-12(2)13(3)21-16/h6-8,10-11H,4-5,9H2,1-3H3,(H,18,19)/b17-11-. The van der Waals surface area contributed by atoms with Gasteiger partial charge in [0.1, 0.15) is 5.75 Å². The van der Waals surface area contributed by atoms with E-state index in [-0.39, 0.29) is 0 Å². The molecule has 1 N–H and O–H groups in total. The van der Waals surface area contributed by atoms with Gasteiger partial charge < -0.3 is 4.74 Å². The van der Waals surface area contributed by atoms with E-state index in [1.54, 1.807) is 17.6 Å². The fourth-order valence-electron chi connectivity index (χ4n) is 1.70. The van der Waals surface area contributed by atoms with Crippen LogP contribution in [0.25, 0.3) is 0 Å². The minimum atomic E-state index is 0.757. The number of hydrogen-bond donors (Lipinski definition) is 1. The van der Waals surface area contributed by atoms with Crippen molar-refractivity contribution in [3.8, 4) is 5.75 Å². The summed E-state index contributed by atoms with van der Waals surface area (Å²) in [7, 11) is 0. The molecule has 2 aromatic rings. The van der Waals surface area contributed by atoms with Gasteiger partial charge in [0.05, 0.1) is 18.5 Å². The Balaban J connectivity index is 1.92. The lowest BCUT2D eigenvalue weighted by atomic mass is 10.2. The van der Waals surface area contributed by atoms with E-state index in [1.165, 1.54) is 4.88 Å². The molecule has 0 spiro atoms. The molecule has 0 aliphatic rings. The van der Waals surface area contributed by atoms with E-state index in [1.807, 2.05) is 31.2 Å². The zero-order chi connectivity index (χ0) is 15.1. The monoisotopic (exact) mass is 303 g/mol. The molecular weight excluding hydrogens is 282 g/mol. The van der Waals surface area contributed by atoms with Crippen LogP contribution in [-0.4, -0.2) is 17.8 Å². The van der Waals surface area contributed by atoms with Gasteiger partial charge in [-0.15, -0.1) is 11.3 Å². The van der Waals surface area contributed by atoms with Crippen molar-refractivity contribution in [1.29, 1.82) is 0 Å². The van der Waals surface area contributed by atoms with Gasteiger partial charge in [-0.2, -0.15) is 5.10 Å². The van der Waals surface area contributed by atoms with Crippen molar-refractivity contribution in [2.24, 2.45) is 5.10 Å². The summed E-state index contributed by atoms with van der Waals surface area (Å²) >= 11 is 1.61. The SMILES string of the molecule is CCCCOc1cccc(/C=N\Nc2nc(C)c(C)s2)c1. The van der Waals surface area contributed by atoms with E-state index in [0.717, 1.165) is 41.6 Å². The number of unbranched alkanes of at least 4 members (excludes halogenated alkanes) is 1. The van der Waals surface area contributed by atoms with Crippen molar-refractivity contribution in [3.05, 3.63) is 40.4 Å². The van der Waals surface area contributed by atoms with E-state index < -0.39 is 0 Å². The highest BCUT2D eigenvalue weighted by atomic mass is 32.1. The molecule has 0 aliphatic carbocycles. The van der Waals surface area contributed by atoms with Crippen LogP contribution in [0.3, 0.4) is 0 Å². The zero-order valence-electron chi connectivity index (χ0n) is 12.7. The molecule has 0 unspecified atom stereocenters. The topological polar surface area (TPSA) is 46.5 Å². The lowest BCUT2D eigenvalue weighted by Gasteiger charge is -2.05. The summed E-state index contributed by atoms with van der Waals surface area (Å²) in [6, 6.07) is 7.92. The van der Waals surface area contributed by atoms with Crippen molar-refractivity contribution in [2.75, 3.05) is 12.0 Å². The maximum Gasteiger partial charge on any atom is 0.203 e. The van der Waals surface area contributed by atoms with Crippen LogP contribution < -0.4 is 10.2 Å². The highest BCUT2D eigenvalue weighted by molar-refractivity contribution is 7.15. The van der Waals surface area contributed by atoms with Crippen molar-refractivity contribution < 1.29 is 4.74 Å². The molecule has 4 nitrogen and oxygen atoms in total. The van der Waals surface area contributed by atoms with Crippen LogP contribution in [0.4, 0.5) is 5.13 Å². The van der Waals surface area contributed by atoms with Crippen LogP contribution in [0, 0.1) is 13.8 Å². The van der Waals surface area contributed by atoms with Crippen LogP contribution in [0.15, 0.2) is 29.4 Å². The van der Waals surface area contributed by atoms with E-state index in [0.29, 0.717) is 0 Å². The van der Waals surface area contributed by atoms with Crippen LogP contribution in [-0.2, 0) is 0 Å². The Morgan fingerprint density at radius 2 is 2.24 bits per heavy atom. The number of thiazole rings is 1. The van der Waals surface area contributed by atoms with Crippen molar-refractivity contribution in [3.63, 3.8) is 0 Å². The number of rotatable bonds is 7. The average molecular weight is 303 g/mol. The highest BCUT2D eigenvalue weighted by Gasteiger charge is 2.01. The summed E-state index contributed by atoms with van der Waals surface area (Å²) < 4.78 is 5.68. The van der Waals surface area contributed by atoms with Crippen molar-refractivity contribution in [2.45, 2.75) is 33.6 Å². The summed E-state index contributed by atoms with van der Waals surface area (Å²) in [5, 5.41) is 5.04. The maximum atomic E-state index is 5.68. The van der Waals surface area contributed by atoms with Crippen LogP contribution in [0.2, 0.25) is 0 Å². The summed E-state index contributed by atoms with van der Waals surface area (Å²) in [6.07, 6.45) is 3.99. The summed E-state index contributed by atoms with van der Waals surface area (Å²) in [5.74, 6) is 0.883. The predicted molar refractivity (Wildman–Crippen MR) is 89.6 cm³/mol.